The lowest BCUT2D eigenvalue weighted by molar-refractivity contribution is -0.120. The van der Waals surface area contributed by atoms with E-state index in [1.54, 1.807) is 37.4 Å². The van der Waals surface area contributed by atoms with Gasteiger partial charge in [-0.15, -0.1) is 5.10 Å². The molecule has 0 radical (unpaired) electrons. The third-order valence-electron chi connectivity index (χ3n) is 6.28. The Bertz CT molecular complexity index is 1250. The molecular weight excluding hydrogens is 442 g/mol. The zero-order valence-corrected chi connectivity index (χ0v) is 19.9. The van der Waals surface area contributed by atoms with Gasteiger partial charge in [-0.25, -0.2) is 13.1 Å². The molecular formula is C23H29N5O4S. The highest BCUT2D eigenvalue weighted by Gasteiger charge is 2.32. The number of para-hydroxylation sites is 2. The number of carbonyl (C=O) groups is 1. The topological polar surface area (TPSA) is 106 Å². The van der Waals surface area contributed by atoms with Crippen LogP contribution in [0.3, 0.4) is 0 Å². The maximum Gasteiger partial charge on any atom is 0.243 e. The first kappa shape index (κ1) is 23.2. The molecule has 1 fully saturated rings. The van der Waals surface area contributed by atoms with E-state index in [2.05, 4.69) is 22.6 Å². The molecule has 3 aromatic rings. The molecule has 1 N–H and O–H groups in total. The number of anilines is 1. The normalized spacial score (nSPS) is 16.6. The fourth-order valence-corrected chi connectivity index (χ4v) is 5.56. The van der Waals surface area contributed by atoms with E-state index in [-0.39, 0.29) is 35.9 Å². The summed E-state index contributed by atoms with van der Waals surface area (Å²) >= 11 is 0. The Hall–Kier alpha value is -2.98. The second-order valence-electron chi connectivity index (χ2n) is 8.31. The van der Waals surface area contributed by atoms with Crippen LogP contribution in [0, 0.1) is 5.92 Å². The van der Waals surface area contributed by atoms with Gasteiger partial charge in [-0.1, -0.05) is 24.3 Å². The second-order valence-corrected chi connectivity index (χ2v) is 10.2. The molecule has 0 aliphatic carbocycles. The highest BCUT2D eigenvalue weighted by molar-refractivity contribution is 7.89. The zero-order chi connectivity index (χ0) is 23.6. The largest absolute Gasteiger partial charge is 0.495 e. The highest BCUT2D eigenvalue weighted by atomic mass is 32.2. The first-order valence-electron chi connectivity index (χ1n) is 11.1. The van der Waals surface area contributed by atoms with Crippen LogP contribution in [-0.4, -0.2) is 53.8 Å². The predicted octanol–water partition coefficient (Wildman–Crippen LogP) is 3.45. The Morgan fingerprint density at radius 1 is 1.21 bits per heavy atom. The van der Waals surface area contributed by atoms with Crippen molar-refractivity contribution in [2.75, 3.05) is 25.5 Å². The Labute approximate surface area is 193 Å². The standard InChI is InChI=1S/C23H29N5O4S/c1-4-16(2)28-21-10-9-18(15-20(21)25-26-28)33(30,31)27-13-11-17(12-14-27)23(29)24-19-7-5-6-8-22(19)32-3/h5-10,15-17H,4,11-14H2,1-3H3,(H,24,29)/t16-/m0/s1. The molecule has 1 amide bonds. The summed E-state index contributed by atoms with van der Waals surface area (Å²) in [6, 6.07) is 12.4. The molecule has 9 nitrogen and oxygen atoms in total. The van der Waals surface area contributed by atoms with Gasteiger partial charge in [-0.05, 0) is 56.5 Å². The van der Waals surface area contributed by atoms with Gasteiger partial charge in [0.25, 0.3) is 0 Å². The molecule has 2 heterocycles. The minimum atomic E-state index is -3.68. The van der Waals surface area contributed by atoms with Crippen molar-refractivity contribution in [2.45, 2.75) is 44.0 Å². The molecule has 0 bridgehead atoms. The number of aromatic nitrogens is 3. The van der Waals surface area contributed by atoms with E-state index in [0.717, 1.165) is 11.9 Å². The van der Waals surface area contributed by atoms with E-state index < -0.39 is 10.0 Å². The van der Waals surface area contributed by atoms with Crippen molar-refractivity contribution < 1.29 is 17.9 Å². The molecule has 0 saturated carbocycles. The second kappa shape index (κ2) is 9.48. The number of fused-ring (bicyclic) bond motifs is 1. The maximum atomic E-state index is 13.2. The van der Waals surface area contributed by atoms with Gasteiger partial charge in [0.15, 0.2) is 0 Å². The molecule has 1 saturated heterocycles. The maximum absolute atomic E-state index is 13.2. The number of nitrogens with one attached hydrogen (secondary N) is 1. The van der Waals surface area contributed by atoms with Crippen LogP contribution >= 0.6 is 0 Å². The van der Waals surface area contributed by atoms with Crippen LogP contribution in [0.5, 0.6) is 5.75 Å². The SMILES string of the molecule is CC[C@H](C)n1nnc2cc(S(=O)(=O)N3CCC(C(=O)Nc4ccccc4OC)CC3)ccc21. The van der Waals surface area contributed by atoms with Crippen molar-refractivity contribution in [1.29, 1.82) is 0 Å². The zero-order valence-electron chi connectivity index (χ0n) is 19.1. The van der Waals surface area contributed by atoms with E-state index >= 15 is 0 Å². The summed E-state index contributed by atoms with van der Waals surface area (Å²) in [4.78, 5) is 12.9. The number of amides is 1. The van der Waals surface area contributed by atoms with Crippen LogP contribution in [-0.2, 0) is 14.8 Å². The molecule has 1 atom stereocenters. The van der Waals surface area contributed by atoms with E-state index in [1.807, 2.05) is 23.7 Å². The van der Waals surface area contributed by atoms with Gasteiger partial charge in [0.2, 0.25) is 15.9 Å². The Kier molecular flexibility index (Phi) is 6.66. The van der Waals surface area contributed by atoms with E-state index in [1.165, 1.54) is 4.31 Å². The van der Waals surface area contributed by atoms with Gasteiger partial charge in [-0.2, -0.15) is 4.31 Å². The Morgan fingerprint density at radius 2 is 1.94 bits per heavy atom. The van der Waals surface area contributed by atoms with Gasteiger partial charge in [0, 0.05) is 19.0 Å². The lowest BCUT2D eigenvalue weighted by atomic mass is 9.97. The lowest BCUT2D eigenvalue weighted by Crippen LogP contribution is -2.41. The fourth-order valence-electron chi connectivity index (χ4n) is 4.07. The van der Waals surface area contributed by atoms with Crippen molar-refractivity contribution >= 4 is 32.7 Å². The first-order valence-corrected chi connectivity index (χ1v) is 12.6. The Morgan fingerprint density at radius 3 is 2.64 bits per heavy atom. The van der Waals surface area contributed by atoms with Crippen LogP contribution in [0.25, 0.3) is 11.0 Å². The van der Waals surface area contributed by atoms with E-state index in [0.29, 0.717) is 29.8 Å². The number of nitrogens with zero attached hydrogens (tertiary/aromatic N) is 4. The Balaban J connectivity index is 1.44. The van der Waals surface area contributed by atoms with Gasteiger partial charge in [0.05, 0.1) is 29.3 Å². The van der Waals surface area contributed by atoms with Gasteiger partial charge < -0.3 is 10.1 Å². The van der Waals surface area contributed by atoms with E-state index in [9.17, 15) is 13.2 Å². The lowest BCUT2D eigenvalue weighted by Gasteiger charge is -2.30. The summed E-state index contributed by atoms with van der Waals surface area (Å²) in [5.74, 6) is 0.199. The highest BCUT2D eigenvalue weighted by Crippen LogP contribution is 2.29. The average molecular weight is 472 g/mol. The van der Waals surface area contributed by atoms with Crippen LogP contribution in [0.15, 0.2) is 47.4 Å². The smallest absolute Gasteiger partial charge is 0.243 e. The summed E-state index contributed by atoms with van der Waals surface area (Å²) in [7, 11) is -2.13. The predicted molar refractivity (Wildman–Crippen MR) is 126 cm³/mol. The molecule has 10 heteroatoms. The third-order valence-corrected chi connectivity index (χ3v) is 8.17. The van der Waals surface area contributed by atoms with Gasteiger partial charge in [-0.3, -0.25) is 4.79 Å². The third kappa shape index (κ3) is 4.58. The fraction of sp³-hybridized carbons (Fsp3) is 0.435. The summed E-state index contributed by atoms with van der Waals surface area (Å²) in [6.07, 6.45) is 1.80. The number of carbonyl (C=O) groups excluding carboxylic acids is 1. The summed E-state index contributed by atoms with van der Waals surface area (Å²) in [5.41, 5.74) is 1.98. The quantitative estimate of drug-likeness (QED) is 0.566. The number of hydrogen-bond acceptors (Lipinski definition) is 6. The molecule has 1 aliphatic heterocycles. The number of benzene rings is 2. The average Bonchev–Trinajstić information content (AvgIpc) is 3.27. The van der Waals surface area contributed by atoms with Crippen LogP contribution in [0.1, 0.15) is 39.2 Å². The molecule has 2 aromatic carbocycles. The van der Waals surface area contributed by atoms with Crippen molar-refractivity contribution in [1.82, 2.24) is 19.3 Å². The molecule has 33 heavy (non-hydrogen) atoms. The van der Waals surface area contributed by atoms with Crippen LogP contribution < -0.4 is 10.1 Å². The number of hydrogen-bond donors (Lipinski definition) is 1. The molecule has 4 rings (SSSR count). The summed E-state index contributed by atoms with van der Waals surface area (Å²) in [5, 5.41) is 11.2. The van der Waals surface area contributed by atoms with Gasteiger partial charge in [0.1, 0.15) is 11.3 Å². The van der Waals surface area contributed by atoms with Crippen molar-refractivity contribution in [3.63, 3.8) is 0 Å². The summed E-state index contributed by atoms with van der Waals surface area (Å²) in [6.45, 7) is 4.68. The number of piperidine rings is 1. The van der Waals surface area contributed by atoms with Crippen molar-refractivity contribution in [3.8, 4) is 5.75 Å². The van der Waals surface area contributed by atoms with Crippen molar-refractivity contribution in [2.24, 2.45) is 5.92 Å². The monoisotopic (exact) mass is 471 g/mol. The molecule has 0 spiro atoms. The molecule has 1 aromatic heterocycles. The summed E-state index contributed by atoms with van der Waals surface area (Å²) < 4.78 is 35.0. The van der Waals surface area contributed by atoms with Crippen molar-refractivity contribution in [3.05, 3.63) is 42.5 Å². The first-order chi connectivity index (χ1) is 15.8. The minimum absolute atomic E-state index is 0.125. The number of ether oxygens (including phenoxy) is 1. The number of methoxy groups -OCH3 is 1. The molecule has 0 unspecified atom stereocenters. The van der Waals surface area contributed by atoms with Crippen LogP contribution in [0.4, 0.5) is 5.69 Å². The van der Waals surface area contributed by atoms with Crippen LogP contribution in [0.2, 0.25) is 0 Å². The molecule has 1 aliphatic rings. The van der Waals surface area contributed by atoms with E-state index in [4.69, 9.17) is 4.74 Å². The van der Waals surface area contributed by atoms with Gasteiger partial charge >= 0.3 is 0 Å². The number of sulfonamides is 1. The molecule has 176 valence electrons. The number of rotatable bonds is 7. The minimum Gasteiger partial charge on any atom is -0.495 e.